The van der Waals surface area contributed by atoms with Gasteiger partial charge in [0.1, 0.15) is 5.76 Å². The van der Waals surface area contributed by atoms with Crippen LogP contribution >= 0.6 is 0 Å². The summed E-state index contributed by atoms with van der Waals surface area (Å²) in [4.78, 5) is 0. The van der Waals surface area contributed by atoms with Crippen molar-refractivity contribution in [2.75, 3.05) is 0 Å². The van der Waals surface area contributed by atoms with Crippen LogP contribution in [0.5, 0.6) is 0 Å². The van der Waals surface area contributed by atoms with E-state index in [1.54, 1.807) is 6.08 Å². The maximum absolute atomic E-state index is 9.18. The Morgan fingerprint density at radius 3 is 2.36 bits per heavy atom. The maximum atomic E-state index is 9.18. The standard InChI is InChI=1S/C11H12O.C2H6/c1-4-10-7-8(2)5-6-11(10)9(3)12;1-2/h4-7,12H,1,3H2,2H3;1-2H3. The number of benzene rings is 1. The van der Waals surface area contributed by atoms with Crippen LogP contribution in [0.3, 0.4) is 0 Å². The van der Waals surface area contributed by atoms with Crippen LogP contribution in [0.4, 0.5) is 0 Å². The number of aliphatic hydroxyl groups excluding tert-OH is 1. The highest BCUT2D eigenvalue weighted by atomic mass is 16.3. The van der Waals surface area contributed by atoms with Crippen LogP contribution in [0.25, 0.3) is 11.8 Å². The molecule has 0 aromatic heterocycles. The molecule has 76 valence electrons. The van der Waals surface area contributed by atoms with Crippen molar-refractivity contribution in [3.63, 3.8) is 0 Å². The predicted molar refractivity (Wildman–Crippen MR) is 64.3 cm³/mol. The van der Waals surface area contributed by atoms with Gasteiger partial charge in [-0.25, -0.2) is 0 Å². The first kappa shape index (κ1) is 12.5. The zero-order valence-corrected chi connectivity index (χ0v) is 9.17. The van der Waals surface area contributed by atoms with E-state index in [4.69, 9.17) is 0 Å². The molecule has 0 saturated carbocycles. The minimum Gasteiger partial charge on any atom is -0.508 e. The van der Waals surface area contributed by atoms with Crippen molar-refractivity contribution in [1.82, 2.24) is 0 Å². The molecule has 0 saturated heterocycles. The van der Waals surface area contributed by atoms with Crippen molar-refractivity contribution in [1.29, 1.82) is 0 Å². The topological polar surface area (TPSA) is 20.2 Å². The number of aliphatic hydroxyl groups is 1. The molecule has 1 nitrogen and oxygen atoms in total. The van der Waals surface area contributed by atoms with E-state index in [9.17, 15) is 5.11 Å². The van der Waals surface area contributed by atoms with Gasteiger partial charge >= 0.3 is 0 Å². The molecule has 0 unspecified atom stereocenters. The molecule has 0 aliphatic rings. The highest BCUT2D eigenvalue weighted by Crippen LogP contribution is 2.18. The van der Waals surface area contributed by atoms with Crippen LogP contribution in [0.2, 0.25) is 0 Å². The second-order valence-electron chi connectivity index (χ2n) is 2.74. The lowest BCUT2D eigenvalue weighted by atomic mass is 10.0. The van der Waals surface area contributed by atoms with E-state index in [0.29, 0.717) is 0 Å². The summed E-state index contributed by atoms with van der Waals surface area (Å²) in [6.07, 6.45) is 1.71. The van der Waals surface area contributed by atoms with Gasteiger partial charge in [0.25, 0.3) is 0 Å². The number of hydrogen-bond donors (Lipinski definition) is 1. The summed E-state index contributed by atoms with van der Waals surface area (Å²) in [7, 11) is 0. The average molecular weight is 190 g/mol. The minimum atomic E-state index is 0.0879. The van der Waals surface area contributed by atoms with Crippen LogP contribution < -0.4 is 0 Å². The lowest BCUT2D eigenvalue weighted by Gasteiger charge is -2.04. The quantitative estimate of drug-likeness (QED) is 0.693. The van der Waals surface area contributed by atoms with Gasteiger partial charge in [-0.15, -0.1) is 0 Å². The highest BCUT2D eigenvalue weighted by molar-refractivity contribution is 5.68. The maximum Gasteiger partial charge on any atom is 0.116 e. The fourth-order valence-corrected chi connectivity index (χ4v) is 1.11. The Hall–Kier alpha value is -1.50. The molecule has 1 aromatic rings. The molecule has 1 aromatic carbocycles. The van der Waals surface area contributed by atoms with Gasteiger partial charge < -0.3 is 5.11 Å². The largest absolute Gasteiger partial charge is 0.508 e. The van der Waals surface area contributed by atoms with Crippen LogP contribution in [0, 0.1) is 6.92 Å². The van der Waals surface area contributed by atoms with Crippen molar-refractivity contribution in [2.24, 2.45) is 0 Å². The first-order valence-electron chi connectivity index (χ1n) is 4.76. The molecule has 0 amide bonds. The van der Waals surface area contributed by atoms with Crippen molar-refractivity contribution < 1.29 is 5.11 Å². The number of aryl methyl sites for hydroxylation is 1. The molecule has 1 rings (SSSR count). The van der Waals surface area contributed by atoms with E-state index in [1.807, 2.05) is 39.0 Å². The summed E-state index contributed by atoms with van der Waals surface area (Å²) in [5.41, 5.74) is 2.81. The van der Waals surface area contributed by atoms with E-state index in [1.165, 1.54) is 0 Å². The Morgan fingerprint density at radius 2 is 1.93 bits per heavy atom. The molecule has 0 bridgehead atoms. The third-order valence-corrected chi connectivity index (χ3v) is 1.74. The highest BCUT2D eigenvalue weighted by Gasteiger charge is 2.00. The van der Waals surface area contributed by atoms with Gasteiger partial charge in [0, 0.05) is 5.56 Å². The monoisotopic (exact) mass is 190 g/mol. The van der Waals surface area contributed by atoms with Gasteiger partial charge in [-0.2, -0.15) is 0 Å². The zero-order valence-electron chi connectivity index (χ0n) is 9.17. The lowest BCUT2D eigenvalue weighted by Crippen LogP contribution is -1.87. The van der Waals surface area contributed by atoms with Crippen LogP contribution in [-0.4, -0.2) is 5.11 Å². The van der Waals surface area contributed by atoms with Crippen molar-refractivity contribution in [3.8, 4) is 0 Å². The van der Waals surface area contributed by atoms with Crippen molar-refractivity contribution >= 4 is 11.8 Å². The third-order valence-electron chi connectivity index (χ3n) is 1.74. The molecule has 0 radical (unpaired) electrons. The fraction of sp³-hybridized carbons (Fsp3) is 0.231. The Kier molecular flexibility index (Phi) is 5.38. The molecular formula is C13H18O. The van der Waals surface area contributed by atoms with Gasteiger partial charge in [-0.3, -0.25) is 0 Å². The minimum absolute atomic E-state index is 0.0879. The lowest BCUT2D eigenvalue weighted by molar-refractivity contribution is 0.513. The van der Waals surface area contributed by atoms with Gasteiger partial charge in [-0.05, 0) is 12.5 Å². The summed E-state index contributed by atoms with van der Waals surface area (Å²) in [5, 5.41) is 9.18. The molecule has 1 heteroatoms. The second kappa shape index (κ2) is 6.03. The number of rotatable bonds is 2. The van der Waals surface area contributed by atoms with E-state index >= 15 is 0 Å². The third kappa shape index (κ3) is 3.09. The van der Waals surface area contributed by atoms with Gasteiger partial charge in [0.2, 0.25) is 0 Å². The van der Waals surface area contributed by atoms with Crippen LogP contribution in [-0.2, 0) is 0 Å². The summed E-state index contributed by atoms with van der Waals surface area (Å²) in [6, 6.07) is 5.74. The molecule has 14 heavy (non-hydrogen) atoms. The molecule has 0 spiro atoms. The summed E-state index contributed by atoms with van der Waals surface area (Å²) in [6.45, 7) is 13.1. The smallest absolute Gasteiger partial charge is 0.116 e. The molecule has 0 aliphatic carbocycles. The first-order valence-corrected chi connectivity index (χ1v) is 4.76. The van der Waals surface area contributed by atoms with Crippen LogP contribution in [0.1, 0.15) is 30.5 Å². The molecule has 0 atom stereocenters. The second-order valence-corrected chi connectivity index (χ2v) is 2.74. The molecule has 0 heterocycles. The van der Waals surface area contributed by atoms with Crippen LogP contribution in [0.15, 0.2) is 31.4 Å². The Balaban J connectivity index is 0.000000791. The Morgan fingerprint density at radius 1 is 1.36 bits per heavy atom. The fourth-order valence-electron chi connectivity index (χ4n) is 1.11. The molecule has 0 fully saturated rings. The van der Waals surface area contributed by atoms with Crippen molar-refractivity contribution in [3.05, 3.63) is 48.0 Å². The molecule has 1 N–H and O–H groups in total. The van der Waals surface area contributed by atoms with E-state index < -0.39 is 0 Å². The first-order chi connectivity index (χ1) is 6.65. The van der Waals surface area contributed by atoms with Gasteiger partial charge in [-0.1, -0.05) is 56.8 Å². The zero-order chi connectivity index (χ0) is 11.1. The normalized spacial score (nSPS) is 8.50. The van der Waals surface area contributed by atoms with E-state index in [0.717, 1.165) is 16.7 Å². The summed E-state index contributed by atoms with van der Waals surface area (Å²) >= 11 is 0. The number of hydrogen-bond acceptors (Lipinski definition) is 1. The van der Waals surface area contributed by atoms with E-state index in [-0.39, 0.29) is 5.76 Å². The van der Waals surface area contributed by atoms with Crippen molar-refractivity contribution in [2.45, 2.75) is 20.8 Å². The average Bonchev–Trinajstić information content (AvgIpc) is 2.20. The predicted octanol–water partition coefficient (Wildman–Crippen LogP) is 4.19. The summed E-state index contributed by atoms with van der Waals surface area (Å²) in [5.74, 6) is 0.0879. The Labute approximate surface area is 86.4 Å². The van der Waals surface area contributed by atoms with E-state index in [2.05, 4.69) is 13.2 Å². The molecule has 0 aliphatic heterocycles. The summed E-state index contributed by atoms with van der Waals surface area (Å²) < 4.78 is 0. The van der Waals surface area contributed by atoms with Gasteiger partial charge in [0.05, 0.1) is 0 Å². The van der Waals surface area contributed by atoms with Gasteiger partial charge in [0.15, 0.2) is 0 Å². The SMILES string of the molecule is C=Cc1cc(C)ccc1C(=C)O.CC. The Bertz CT molecular complexity index is 324. The molecular weight excluding hydrogens is 172 g/mol.